The van der Waals surface area contributed by atoms with Gasteiger partial charge in [-0.3, -0.25) is 0 Å². The van der Waals surface area contributed by atoms with E-state index in [1.54, 1.807) is 5.57 Å². The van der Waals surface area contributed by atoms with E-state index in [9.17, 15) is 5.11 Å². The second-order valence-electron chi connectivity index (χ2n) is 3.78. The predicted molar refractivity (Wildman–Crippen MR) is 45.3 cm³/mol. The van der Waals surface area contributed by atoms with E-state index in [1.165, 1.54) is 25.7 Å². The summed E-state index contributed by atoms with van der Waals surface area (Å²) in [5.74, 6) is 0.539. The molecule has 0 aromatic heterocycles. The van der Waals surface area contributed by atoms with Crippen molar-refractivity contribution in [1.29, 1.82) is 0 Å². The van der Waals surface area contributed by atoms with Gasteiger partial charge in [0.1, 0.15) is 0 Å². The van der Waals surface area contributed by atoms with Crippen LogP contribution in [0.5, 0.6) is 0 Å². The minimum absolute atomic E-state index is 0.0182. The second kappa shape index (κ2) is 2.98. The molecule has 0 aliphatic heterocycles. The second-order valence-corrected chi connectivity index (χ2v) is 3.78. The third-order valence-electron chi connectivity index (χ3n) is 3.04. The summed E-state index contributed by atoms with van der Waals surface area (Å²) in [4.78, 5) is 0. The van der Waals surface area contributed by atoms with Gasteiger partial charge in [0.2, 0.25) is 0 Å². The highest BCUT2D eigenvalue weighted by atomic mass is 16.3. The molecule has 0 spiro atoms. The van der Waals surface area contributed by atoms with Gasteiger partial charge < -0.3 is 5.11 Å². The summed E-state index contributed by atoms with van der Waals surface area (Å²) in [7, 11) is 0. The van der Waals surface area contributed by atoms with Crippen molar-refractivity contribution in [2.45, 2.75) is 44.6 Å². The van der Waals surface area contributed by atoms with Crippen LogP contribution in [0.15, 0.2) is 11.6 Å². The first-order valence-electron chi connectivity index (χ1n) is 4.75. The minimum Gasteiger partial charge on any atom is -0.392 e. The number of aliphatic hydroxyl groups is 1. The lowest BCUT2D eigenvalue weighted by atomic mass is 9.76. The molecule has 0 amide bonds. The molecule has 2 aliphatic rings. The van der Waals surface area contributed by atoms with Crippen molar-refractivity contribution in [3.8, 4) is 0 Å². The molecular weight excluding hydrogens is 136 g/mol. The van der Waals surface area contributed by atoms with Crippen molar-refractivity contribution in [3.05, 3.63) is 11.6 Å². The zero-order valence-electron chi connectivity index (χ0n) is 6.92. The molecule has 2 atom stereocenters. The summed E-state index contributed by atoms with van der Waals surface area (Å²) in [5.41, 5.74) is 1.55. The standard InChI is InChI=1S/C10H16O/c11-10-7-3-5-8-4-1-2-6-9(8)10/h5,9-11H,1-4,6-7H2/t9-,10+/m0/s1. The van der Waals surface area contributed by atoms with E-state index < -0.39 is 0 Å². The first-order chi connectivity index (χ1) is 5.38. The normalized spacial score (nSPS) is 37.7. The highest BCUT2D eigenvalue weighted by Gasteiger charge is 2.27. The maximum absolute atomic E-state index is 9.66. The molecule has 1 N–H and O–H groups in total. The maximum Gasteiger partial charge on any atom is 0.0608 e. The first-order valence-corrected chi connectivity index (χ1v) is 4.75. The zero-order valence-corrected chi connectivity index (χ0v) is 6.92. The van der Waals surface area contributed by atoms with E-state index in [0.29, 0.717) is 5.92 Å². The molecule has 0 bridgehead atoms. The van der Waals surface area contributed by atoms with Crippen LogP contribution in [0.4, 0.5) is 0 Å². The number of rotatable bonds is 0. The third kappa shape index (κ3) is 1.34. The average molecular weight is 152 g/mol. The molecule has 0 radical (unpaired) electrons. The molecule has 0 unspecified atom stereocenters. The average Bonchev–Trinajstić information content (AvgIpc) is 2.06. The van der Waals surface area contributed by atoms with E-state index in [-0.39, 0.29) is 6.10 Å². The molecule has 1 saturated carbocycles. The molecule has 62 valence electrons. The van der Waals surface area contributed by atoms with Crippen molar-refractivity contribution in [3.63, 3.8) is 0 Å². The molecule has 2 rings (SSSR count). The van der Waals surface area contributed by atoms with E-state index >= 15 is 0 Å². The summed E-state index contributed by atoms with van der Waals surface area (Å²) in [6.45, 7) is 0. The molecular formula is C10H16O. The van der Waals surface area contributed by atoms with Gasteiger partial charge >= 0.3 is 0 Å². The van der Waals surface area contributed by atoms with Crippen molar-refractivity contribution < 1.29 is 5.11 Å². The number of hydrogen-bond donors (Lipinski definition) is 1. The van der Waals surface area contributed by atoms with Crippen LogP contribution in [0.1, 0.15) is 38.5 Å². The Labute approximate surface area is 68.1 Å². The Morgan fingerprint density at radius 2 is 2.18 bits per heavy atom. The minimum atomic E-state index is -0.0182. The zero-order chi connectivity index (χ0) is 7.68. The summed E-state index contributed by atoms with van der Waals surface area (Å²) < 4.78 is 0. The van der Waals surface area contributed by atoms with Crippen LogP contribution in [0.25, 0.3) is 0 Å². The Balaban J connectivity index is 2.13. The van der Waals surface area contributed by atoms with E-state index in [0.717, 1.165) is 12.8 Å². The highest BCUT2D eigenvalue weighted by Crippen LogP contribution is 2.36. The van der Waals surface area contributed by atoms with Gasteiger partial charge in [0, 0.05) is 5.92 Å². The van der Waals surface area contributed by atoms with Gasteiger partial charge in [-0.25, -0.2) is 0 Å². The molecule has 0 aromatic rings. The van der Waals surface area contributed by atoms with Crippen molar-refractivity contribution in [1.82, 2.24) is 0 Å². The summed E-state index contributed by atoms with van der Waals surface area (Å²) in [5, 5.41) is 9.66. The SMILES string of the molecule is O[C@@H]1CCC=C2CCCC[C@@H]21. The van der Waals surface area contributed by atoms with Crippen LogP contribution in [-0.2, 0) is 0 Å². The van der Waals surface area contributed by atoms with Crippen LogP contribution in [-0.4, -0.2) is 11.2 Å². The number of fused-ring (bicyclic) bond motifs is 1. The quantitative estimate of drug-likeness (QED) is 0.528. The number of hydrogen-bond acceptors (Lipinski definition) is 1. The van der Waals surface area contributed by atoms with Gasteiger partial charge in [0.15, 0.2) is 0 Å². The van der Waals surface area contributed by atoms with E-state index in [2.05, 4.69) is 6.08 Å². The topological polar surface area (TPSA) is 20.2 Å². The van der Waals surface area contributed by atoms with Crippen LogP contribution < -0.4 is 0 Å². The number of aliphatic hydroxyl groups excluding tert-OH is 1. The van der Waals surface area contributed by atoms with Crippen molar-refractivity contribution in [2.24, 2.45) is 5.92 Å². The molecule has 1 heteroatoms. The fourth-order valence-corrected chi connectivity index (χ4v) is 2.40. The van der Waals surface area contributed by atoms with Crippen molar-refractivity contribution >= 4 is 0 Å². The Morgan fingerprint density at radius 3 is 3.00 bits per heavy atom. The largest absolute Gasteiger partial charge is 0.392 e. The lowest BCUT2D eigenvalue weighted by molar-refractivity contribution is 0.0962. The van der Waals surface area contributed by atoms with Gasteiger partial charge in [-0.2, -0.15) is 0 Å². The molecule has 1 nitrogen and oxygen atoms in total. The van der Waals surface area contributed by atoms with E-state index in [1.807, 2.05) is 0 Å². The predicted octanol–water partition coefficient (Wildman–Crippen LogP) is 2.26. The fraction of sp³-hybridized carbons (Fsp3) is 0.800. The Morgan fingerprint density at radius 1 is 1.27 bits per heavy atom. The maximum atomic E-state index is 9.66. The smallest absolute Gasteiger partial charge is 0.0608 e. The van der Waals surface area contributed by atoms with E-state index in [4.69, 9.17) is 0 Å². The fourth-order valence-electron chi connectivity index (χ4n) is 2.40. The Kier molecular flexibility index (Phi) is 1.99. The van der Waals surface area contributed by atoms with Gasteiger partial charge in [-0.15, -0.1) is 0 Å². The lowest BCUT2D eigenvalue weighted by Crippen LogP contribution is -2.27. The summed E-state index contributed by atoms with van der Waals surface area (Å²) in [6, 6.07) is 0. The van der Waals surface area contributed by atoms with Crippen LogP contribution in [0, 0.1) is 5.92 Å². The van der Waals surface area contributed by atoms with Crippen LogP contribution in [0.2, 0.25) is 0 Å². The molecule has 0 aromatic carbocycles. The Bertz CT molecular complexity index is 172. The third-order valence-corrected chi connectivity index (χ3v) is 3.04. The Hall–Kier alpha value is -0.300. The highest BCUT2D eigenvalue weighted by molar-refractivity contribution is 5.14. The van der Waals surface area contributed by atoms with Gasteiger partial charge in [-0.05, 0) is 32.1 Å². The van der Waals surface area contributed by atoms with Crippen LogP contribution in [0.3, 0.4) is 0 Å². The molecule has 11 heavy (non-hydrogen) atoms. The first kappa shape index (κ1) is 7.35. The molecule has 1 fully saturated rings. The number of allylic oxidation sites excluding steroid dienone is 1. The van der Waals surface area contributed by atoms with Gasteiger partial charge in [0.25, 0.3) is 0 Å². The molecule has 0 saturated heterocycles. The lowest BCUT2D eigenvalue weighted by Gasteiger charge is -2.32. The monoisotopic (exact) mass is 152 g/mol. The molecule has 2 aliphatic carbocycles. The summed E-state index contributed by atoms with van der Waals surface area (Å²) >= 11 is 0. The van der Waals surface area contributed by atoms with Crippen molar-refractivity contribution in [2.75, 3.05) is 0 Å². The van der Waals surface area contributed by atoms with Crippen LogP contribution >= 0.6 is 0 Å². The van der Waals surface area contributed by atoms with Gasteiger partial charge in [0.05, 0.1) is 6.10 Å². The molecule has 0 heterocycles. The summed E-state index contributed by atoms with van der Waals surface area (Å²) in [6.07, 6.45) is 9.58. The van der Waals surface area contributed by atoms with Gasteiger partial charge in [-0.1, -0.05) is 18.1 Å².